The topological polar surface area (TPSA) is 346 Å². The Morgan fingerprint density at radius 2 is 1.28 bits per heavy atom. The second-order valence-corrected chi connectivity index (χ2v) is 23.7. The van der Waals surface area contributed by atoms with Gasteiger partial charge < -0.3 is 98.4 Å². The van der Waals surface area contributed by atoms with E-state index in [1.165, 1.54) is 45.2 Å². The first-order chi connectivity index (χ1) is 38.1. The Labute approximate surface area is 470 Å². The van der Waals surface area contributed by atoms with Gasteiger partial charge in [0.05, 0.1) is 83.7 Å². The van der Waals surface area contributed by atoms with Crippen molar-refractivity contribution >= 4 is 28.3 Å². The van der Waals surface area contributed by atoms with Crippen molar-refractivity contribution in [3.8, 4) is 17.2 Å². The molecule has 23 nitrogen and oxygen atoms in total. The average molecular weight is 1150 g/mol. The fraction of sp³-hybridized carbons (Fsp3) is 0.741. The van der Waals surface area contributed by atoms with Crippen LogP contribution in [0.4, 0.5) is 0 Å². The second-order valence-electron chi connectivity index (χ2n) is 23.7. The van der Waals surface area contributed by atoms with Crippen molar-refractivity contribution in [2.24, 2.45) is 17.8 Å². The molecule has 454 valence electrons. The van der Waals surface area contributed by atoms with Crippen molar-refractivity contribution in [1.82, 2.24) is 0 Å². The number of carbonyl (C=O) groups excluding carboxylic acids is 3. The molecule has 3 aliphatic heterocycles. The molecule has 0 bridgehead atoms. The monoisotopic (exact) mass is 1150 g/mol. The van der Waals surface area contributed by atoms with Gasteiger partial charge in [-0.05, 0) is 103 Å². The van der Waals surface area contributed by atoms with Gasteiger partial charge in [-0.3, -0.25) is 9.59 Å². The maximum absolute atomic E-state index is 15.1. The van der Waals surface area contributed by atoms with Gasteiger partial charge in [-0.2, -0.15) is 0 Å². The third-order valence-corrected chi connectivity index (χ3v) is 17.4. The van der Waals surface area contributed by atoms with Crippen LogP contribution in [0.15, 0.2) is 24.3 Å². The fourth-order valence-electron chi connectivity index (χ4n) is 12.8. The maximum Gasteiger partial charge on any atom is 0.330 e. The number of rotatable bonds is 17. The van der Waals surface area contributed by atoms with Crippen LogP contribution in [0, 0.1) is 24.7 Å². The molecule has 5 fully saturated rings. The van der Waals surface area contributed by atoms with Crippen LogP contribution in [-0.2, 0) is 58.6 Å². The first-order valence-electron chi connectivity index (χ1n) is 28.3. The van der Waals surface area contributed by atoms with Gasteiger partial charge in [-0.1, -0.05) is 19.9 Å². The molecule has 3 saturated heterocycles. The Hall–Kier alpha value is -3.99. The zero-order valence-corrected chi connectivity index (χ0v) is 47.6. The molecule has 2 aromatic carbocycles. The number of hydrogen-bond donors (Lipinski definition) is 10. The molecule has 3 heterocycles. The Balaban J connectivity index is 1.03. The molecule has 5 unspecified atom stereocenters. The van der Waals surface area contributed by atoms with Crippen molar-refractivity contribution in [3.63, 3.8) is 0 Å². The minimum Gasteiger partial charge on any atom is -0.507 e. The summed E-state index contributed by atoms with van der Waals surface area (Å²) in [4.78, 5) is 41.4. The minimum atomic E-state index is -1.94. The summed E-state index contributed by atoms with van der Waals surface area (Å²) in [5.41, 5.74) is -1.29. The van der Waals surface area contributed by atoms with Gasteiger partial charge in [-0.15, -0.1) is 0 Å². The molecular weight excluding hydrogens is 1060 g/mol. The molecule has 0 aromatic heterocycles. The number of hydrogen-bond acceptors (Lipinski definition) is 23. The standard InChI is InChI=1S/C58H84O23/c1-11-12-40(60)78-38-20-42(74-28(7)50(38)65)80-39-21-41(73-29(8)51(39)66)79-35-17-31-15-30-16-34(55(72-10)54(69)48(63)26(5)59)56(53(68)45(30)52(67)44(31)47(62)25(35)4)81-43-19-37(49(64)27(6)75-43)76-32-13-23(2)46(61)36(18-32)77-33-14-24(3)57(70)58(9,71)22-33/h11-12,15,17,23-24,26-29,32-34,36-39,41-43,46,48-51,55-57,59,61-67,70-71H,13-14,16,18-22H2,1-10H3/t23?,24?,26-,27?,28?,29?,32-,33-,34+,36-,37-,38-,39-,41+,42+,43+,46+,48+,49-,50-,51-,55+,56+,57-,58+/m1/s1. The van der Waals surface area contributed by atoms with Crippen molar-refractivity contribution in [3.05, 3.63) is 41.0 Å². The van der Waals surface area contributed by atoms with Crippen LogP contribution < -0.4 is 4.74 Å². The number of phenolic OH excluding ortho intramolecular Hbond substituents is 2. The number of esters is 1. The number of Topliss-reactive ketones (excluding diaryl/α,β-unsaturated/α-hetero) is 2. The van der Waals surface area contributed by atoms with Gasteiger partial charge in [0.1, 0.15) is 60.0 Å². The number of benzene rings is 2. The molecule has 8 rings (SSSR count). The fourth-order valence-corrected chi connectivity index (χ4v) is 12.8. The lowest BCUT2D eigenvalue weighted by Crippen LogP contribution is -2.56. The predicted molar refractivity (Wildman–Crippen MR) is 284 cm³/mol. The Kier molecular flexibility index (Phi) is 20.0. The molecular formula is C58H84O23. The van der Waals surface area contributed by atoms with Crippen LogP contribution in [0.2, 0.25) is 0 Å². The molecule has 81 heavy (non-hydrogen) atoms. The van der Waals surface area contributed by atoms with Gasteiger partial charge >= 0.3 is 5.97 Å². The second kappa shape index (κ2) is 25.7. The van der Waals surface area contributed by atoms with E-state index in [4.69, 9.17) is 47.4 Å². The van der Waals surface area contributed by atoms with Crippen LogP contribution in [-0.4, -0.2) is 210 Å². The van der Waals surface area contributed by atoms with Crippen molar-refractivity contribution in [2.45, 2.75) is 248 Å². The molecule has 0 spiro atoms. The molecule has 0 amide bonds. The molecule has 3 aliphatic carbocycles. The lowest BCUT2D eigenvalue weighted by atomic mass is 9.75. The lowest BCUT2D eigenvalue weighted by Gasteiger charge is -2.46. The number of aliphatic hydroxyl groups is 8. The van der Waals surface area contributed by atoms with E-state index in [9.17, 15) is 60.7 Å². The smallest absolute Gasteiger partial charge is 0.330 e. The number of ketones is 2. The summed E-state index contributed by atoms with van der Waals surface area (Å²) >= 11 is 0. The summed E-state index contributed by atoms with van der Waals surface area (Å²) in [6.07, 6.45) is -18.9. The van der Waals surface area contributed by atoms with E-state index in [2.05, 4.69) is 0 Å². The number of allylic oxidation sites excluding steroid dienone is 1. The summed E-state index contributed by atoms with van der Waals surface area (Å²) in [6, 6.07) is 3.06. The highest BCUT2D eigenvalue weighted by Crippen LogP contribution is 2.48. The number of fused-ring (bicyclic) bond motifs is 2. The van der Waals surface area contributed by atoms with Crippen LogP contribution in [0.1, 0.15) is 122 Å². The summed E-state index contributed by atoms with van der Waals surface area (Å²) in [5.74, 6) is -5.19. The third-order valence-electron chi connectivity index (χ3n) is 17.4. The van der Waals surface area contributed by atoms with Gasteiger partial charge in [0, 0.05) is 56.8 Å². The molecule has 2 saturated carbocycles. The summed E-state index contributed by atoms with van der Waals surface area (Å²) in [5, 5.41) is 112. The number of carbonyl (C=O) groups is 3. The molecule has 23 heteroatoms. The quantitative estimate of drug-likeness (QED) is 0.0802. The lowest BCUT2D eigenvalue weighted by molar-refractivity contribution is -0.298. The highest BCUT2D eigenvalue weighted by Gasteiger charge is 2.51. The maximum atomic E-state index is 15.1. The van der Waals surface area contributed by atoms with Crippen LogP contribution in [0.3, 0.4) is 0 Å². The van der Waals surface area contributed by atoms with E-state index >= 15 is 4.79 Å². The first kappa shape index (κ1) is 63.0. The molecule has 2 aromatic rings. The predicted octanol–water partition coefficient (Wildman–Crippen LogP) is 2.20. The Bertz CT molecular complexity index is 2570. The molecule has 6 aliphatic rings. The third kappa shape index (κ3) is 13.4. The van der Waals surface area contributed by atoms with Crippen molar-refractivity contribution in [1.29, 1.82) is 0 Å². The zero-order chi connectivity index (χ0) is 59.3. The SMILES string of the molecule is CC=CC(=O)O[C@@H]1C[C@H](O[C@@H]2C[C@H](Oc3cc4cc5c(c(O)c4c(O)c3C)C(=O)[C@@H](O[C@H]3C[C@@H](O[C@@H]4CC(C)[C@H](O)[C@H](O[C@@H]6CC(C)[C@@H](O)[C@@](C)(O)C6)C4)[C@H](O)C(C)O3)[C@H]([C@H](OC)C(=O)[C@@H](O)[C@@H](C)O)C5)OC(C)[C@H]2O)OC(C)[C@H]1O. The van der Waals surface area contributed by atoms with Crippen molar-refractivity contribution < 1.29 is 113 Å². The Morgan fingerprint density at radius 1 is 0.728 bits per heavy atom. The number of aromatic hydroxyl groups is 2. The van der Waals surface area contributed by atoms with Gasteiger partial charge in [0.25, 0.3) is 0 Å². The number of methoxy groups -OCH3 is 1. The van der Waals surface area contributed by atoms with Gasteiger partial charge in [0.15, 0.2) is 24.1 Å². The highest BCUT2D eigenvalue weighted by molar-refractivity contribution is 6.11. The molecule has 10 N–H and O–H groups in total. The van der Waals surface area contributed by atoms with E-state index in [1.54, 1.807) is 34.6 Å². The van der Waals surface area contributed by atoms with E-state index in [-0.39, 0.29) is 83.6 Å². The summed E-state index contributed by atoms with van der Waals surface area (Å²) in [7, 11) is 1.20. The molecule has 25 atom stereocenters. The van der Waals surface area contributed by atoms with Gasteiger partial charge in [-0.25, -0.2) is 4.79 Å². The number of ether oxygens (including phenoxy) is 10. The zero-order valence-electron chi connectivity index (χ0n) is 47.6. The number of aliphatic hydroxyl groups excluding tert-OH is 7. The van der Waals surface area contributed by atoms with Crippen LogP contribution in [0.25, 0.3) is 10.8 Å². The van der Waals surface area contributed by atoms with Crippen LogP contribution in [0.5, 0.6) is 17.2 Å². The average Bonchev–Trinajstić information content (AvgIpc) is 2.70. The van der Waals surface area contributed by atoms with E-state index in [0.29, 0.717) is 12.8 Å². The highest BCUT2D eigenvalue weighted by atomic mass is 16.7. The van der Waals surface area contributed by atoms with Gasteiger partial charge in [0.2, 0.25) is 6.29 Å². The number of phenols is 2. The summed E-state index contributed by atoms with van der Waals surface area (Å²) < 4.78 is 61.4. The van der Waals surface area contributed by atoms with E-state index in [1.807, 2.05) is 13.8 Å². The normalized spacial score (nSPS) is 40.6. The largest absolute Gasteiger partial charge is 0.507 e. The summed E-state index contributed by atoms with van der Waals surface area (Å²) in [6.45, 7) is 14.4. The van der Waals surface area contributed by atoms with E-state index in [0.717, 1.165) is 0 Å². The molecule has 0 radical (unpaired) electrons. The minimum absolute atomic E-state index is 0.0414. The van der Waals surface area contributed by atoms with Crippen LogP contribution >= 0.6 is 0 Å². The first-order valence-corrected chi connectivity index (χ1v) is 28.3. The Morgan fingerprint density at radius 3 is 1.90 bits per heavy atom. The van der Waals surface area contributed by atoms with Crippen molar-refractivity contribution in [2.75, 3.05) is 7.11 Å². The van der Waals surface area contributed by atoms with E-state index < -0.39 is 169 Å².